The first kappa shape index (κ1) is 13.9. The van der Waals surface area contributed by atoms with Crippen LogP contribution in [0, 0.1) is 16.7 Å². The Morgan fingerprint density at radius 2 is 2.00 bits per heavy atom. The van der Waals surface area contributed by atoms with E-state index in [1.807, 2.05) is 12.1 Å². The predicted molar refractivity (Wildman–Crippen MR) is 82.9 cm³/mol. The van der Waals surface area contributed by atoms with Crippen LogP contribution >= 0.6 is 0 Å². The molecule has 2 saturated carbocycles. The van der Waals surface area contributed by atoms with E-state index in [2.05, 4.69) is 38.2 Å². The van der Waals surface area contributed by atoms with Crippen LogP contribution < -0.4 is 10.1 Å². The van der Waals surface area contributed by atoms with Crippen molar-refractivity contribution in [2.75, 3.05) is 7.11 Å². The summed E-state index contributed by atoms with van der Waals surface area (Å²) in [7, 11) is 1.75. The number of para-hydroxylation sites is 1. The molecule has 3 rings (SSSR count). The quantitative estimate of drug-likeness (QED) is 0.895. The zero-order valence-corrected chi connectivity index (χ0v) is 13.2. The highest BCUT2D eigenvalue weighted by Gasteiger charge is 2.58. The summed E-state index contributed by atoms with van der Waals surface area (Å²) in [5.74, 6) is 1.88. The molecular weight excluding hydrogens is 246 g/mol. The van der Waals surface area contributed by atoms with Crippen LogP contribution in [0.2, 0.25) is 0 Å². The van der Waals surface area contributed by atoms with Crippen molar-refractivity contribution in [1.29, 1.82) is 0 Å². The van der Waals surface area contributed by atoms with Gasteiger partial charge in [0.1, 0.15) is 5.75 Å². The number of benzene rings is 1. The van der Waals surface area contributed by atoms with Crippen molar-refractivity contribution in [3.05, 3.63) is 29.8 Å². The van der Waals surface area contributed by atoms with Gasteiger partial charge in [0.15, 0.2) is 0 Å². The number of hydrogen-bond acceptors (Lipinski definition) is 2. The predicted octanol–water partition coefficient (Wildman–Crippen LogP) is 4.00. The van der Waals surface area contributed by atoms with E-state index in [9.17, 15) is 0 Å². The molecule has 2 fully saturated rings. The Labute approximate surface area is 122 Å². The normalized spacial score (nSPS) is 34.4. The molecule has 2 nitrogen and oxygen atoms in total. The molecular formula is C18H27NO. The second-order valence-electron chi connectivity index (χ2n) is 7.54. The van der Waals surface area contributed by atoms with E-state index in [0.29, 0.717) is 16.9 Å². The maximum absolute atomic E-state index is 5.46. The first-order chi connectivity index (χ1) is 9.47. The Morgan fingerprint density at radius 3 is 2.65 bits per heavy atom. The average Bonchev–Trinajstić information content (AvgIpc) is 2.90. The number of rotatable bonds is 4. The lowest BCUT2D eigenvalue weighted by Gasteiger charge is -2.43. The summed E-state index contributed by atoms with van der Waals surface area (Å²) in [6.07, 6.45) is 4.19. The van der Waals surface area contributed by atoms with E-state index in [4.69, 9.17) is 4.74 Å². The van der Waals surface area contributed by atoms with Crippen LogP contribution in [0.15, 0.2) is 24.3 Å². The van der Waals surface area contributed by atoms with E-state index in [0.717, 1.165) is 18.2 Å². The van der Waals surface area contributed by atoms with E-state index in [1.54, 1.807) is 7.11 Å². The van der Waals surface area contributed by atoms with Crippen molar-refractivity contribution < 1.29 is 4.74 Å². The van der Waals surface area contributed by atoms with E-state index in [-0.39, 0.29) is 0 Å². The van der Waals surface area contributed by atoms with Gasteiger partial charge in [0.05, 0.1) is 7.11 Å². The fourth-order valence-electron chi connectivity index (χ4n) is 4.87. The van der Waals surface area contributed by atoms with Crippen LogP contribution in [0.4, 0.5) is 0 Å². The standard InChI is InChI=1S/C18H27NO/c1-17(2)14-9-10-18(3,11-14)16(17)19-12-13-7-5-6-8-15(13)20-4/h5-8,14,16,19H,9-12H2,1-4H3. The minimum Gasteiger partial charge on any atom is -0.496 e. The minimum absolute atomic E-state index is 0.412. The van der Waals surface area contributed by atoms with Gasteiger partial charge in [0.25, 0.3) is 0 Å². The van der Waals surface area contributed by atoms with Crippen LogP contribution in [-0.2, 0) is 6.54 Å². The Kier molecular flexibility index (Phi) is 3.32. The van der Waals surface area contributed by atoms with Gasteiger partial charge in [0.2, 0.25) is 0 Å². The SMILES string of the molecule is COc1ccccc1CNC1C2(C)CCC(C2)C1(C)C. The molecule has 0 aliphatic heterocycles. The molecule has 20 heavy (non-hydrogen) atoms. The summed E-state index contributed by atoms with van der Waals surface area (Å²) in [5, 5.41) is 3.85. The van der Waals surface area contributed by atoms with Crippen molar-refractivity contribution in [2.45, 2.75) is 52.6 Å². The molecule has 110 valence electrons. The molecule has 0 radical (unpaired) electrons. The summed E-state index contributed by atoms with van der Waals surface area (Å²) in [5.41, 5.74) is 2.16. The van der Waals surface area contributed by atoms with Gasteiger partial charge >= 0.3 is 0 Å². The molecule has 1 aromatic rings. The zero-order valence-electron chi connectivity index (χ0n) is 13.2. The molecule has 2 aliphatic carbocycles. The lowest BCUT2D eigenvalue weighted by atomic mass is 9.68. The maximum Gasteiger partial charge on any atom is 0.123 e. The van der Waals surface area contributed by atoms with Crippen LogP contribution in [0.3, 0.4) is 0 Å². The Bertz CT molecular complexity index is 491. The summed E-state index contributed by atoms with van der Waals surface area (Å²) < 4.78 is 5.46. The molecule has 2 heteroatoms. The van der Waals surface area contributed by atoms with Crippen molar-refractivity contribution in [1.82, 2.24) is 5.32 Å². The lowest BCUT2D eigenvalue weighted by Crippen LogP contribution is -2.49. The van der Waals surface area contributed by atoms with Crippen LogP contribution in [-0.4, -0.2) is 13.2 Å². The maximum atomic E-state index is 5.46. The van der Waals surface area contributed by atoms with Gasteiger partial charge in [-0.1, -0.05) is 39.0 Å². The lowest BCUT2D eigenvalue weighted by molar-refractivity contribution is 0.108. The molecule has 0 saturated heterocycles. The molecule has 1 aromatic carbocycles. The highest BCUT2D eigenvalue weighted by Crippen LogP contribution is 2.62. The summed E-state index contributed by atoms with van der Waals surface area (Å²) >= 11 is 0. The third-order valence-electron chi connectivity index (χ3n) is 5.96. The third kappa shape index (κ3) is 2.05. The van der Waals surface area contributed by atoms with Gasteiger partial charge in [-0.2, -0.15) is 0 Å². The molecule has 0 spiro atoms. The molecule has 2 bridgehead atoms. The fourth-order valence-corrected chi connectivity index (χ4v) is 4.87. The van der Waals surface area contributed by atoms with Crippen molar-refractivity contribution in [2.24, 2.45) is 16.7 Å². The first-order valence-corrected chi connectivity index (χ1v) is 7.83. The van der Waals surface area contributed by atoms with Gasteiger partial charge in [-0.05, 0) is 42.1 Å². The molecule has 0 aromatic heterocycles. The Morgan fingerprint density at radius 1 is 1.25 bits per heavy atom. The highest BCUT2D eigenvalue weighted by atomic mass is 16.5. The molecule has 1 N–H and O–H groups in total. The van der Waals surface area contributed by atoms with Gasteiger partial charge in [-0.3, -0.25) is 0 Å². The van der Waals surface area contributed by atoms with Crippen LogP contribution in [0.1, 0.15) is 45.6 Å². The molecule has 0 amide bonds. The zero-order chi connectivity index (χ0) is 14.4. The fraction of sp³-hybridized carbons (Fsp3) is 0.667. The number of ether oxygens (including phenoxy) is 1. The van der Waals surface area contributed by atoms with Gasteiger partial charge in [0, 0.05) is 18.2 Å². The van der Waals surface area contributed by atoms with Gasteiger partial charge in [-0.15, -0.1) is 0 Å². The molecule has 3 unspecified atom stereocenters. The largest absolute Gasteiger partial charge is 0.496 e. The highest BCUT2D eigenvalue weighted by molar-refractivity contribution is 5.33. The second kappa shape index (κ2) is 4.77. The average molecular weight is 273 g/mol. The minimum atomic E-state index is 0.412. The molecule has 2 aliphatic rings. The Balaban J connectivity index is 1.75. The molecule has 0 heterocycles. The number of hydrogen-bond donors (Lipinski definition) is 1. The smallest absolute Gasteiger partial charge is 0.123 e. The third-order valence-corrected chi connectivity index (χ3v) is 5.96. The number of nitrogens with one attached hydrogen (secondary N) is 1. The summed E-state index contributed by atoms with van der Waals surface area (Å²) in [6.45, 7) is 8.27. The topological polar surface area (TPSA) is 21.3 Å². The summed E-state index contributed by atoms with van der Waals surface area (Å²) in [6, 6.07) is 8.94. The van der Waals surface area contributed by atoms with Crippen LogP contribution in [0.5, 0.6) is 5.75 Å². The first-order valence-electron chi connectivity index (χ1n) is 7.83. The van der Waals surface area contributed by atoms with Crippen molar-refractivity contribution in [3.63, 3.8) is 0 Å². The van der Waals surface area contributed by atoms with E-state index in [1.165, 1.54) is 24.8 Å². The van der Waals surface area contributed by atoms with Crippen LogP contribution in [0.25, 0.3) is 0 Å². The number of methoxy groups -OCH3 is 1. The number of fused-ring (bicyclic) bond motifs is 2. The molecule has 3 atom stereocenters. The van der Waals surface area contributed by atoms with Gasteiger partial charge < -0.3 is 10.1 Å². The monoisotopic (exact) mass is 273 g/mol. The van der Waals surface area contributed by atoms with Crippen molar-refractivity contribution in [3.8, 4) is 5.75 Å². The van der Waals surface area contributed by atoms with E-state index < -0.39 is 0 Å². The second-order valence-corrected chi connectivity index (χ2v) is 7.54. The van der Waals surface area contributed by atoms with Crippen molar-refractivity contribution >= 4 is 0 Å². The summed E-state index contributed by atoms with van der Waals surface area (Å²) in [4.78, 5) is 0. The van der Waals surface area contributed by atoms with Gasteiger partial charge in [-0.25, -0.2) is 0 Å². The van der Waals surface area contributed by atoms with E-state index >= 15 is 0 Å². The Hall–Kier alpha value is -1.02.